The molecule has 1 atom stereocenters. The third-order valence-corrected chi connectivity index (χ3v) is 4.78. The number of amides is 2. The van der Waals surface area contributed by atoms with Gasteiger partial charge in [0, 0.05) is 16.8 Å². The van der Waals surface area contributed by atoms with Crippen molar-refractivity contribution in [3.05, 3.63) is 46.8 Å². The van der Waals surface area contributed by atoms with Crippen LogP contribution in [0.3, 0.4) is 0 Å². The summed E-state index contributed by atoms with van der Waals surface area (Å²) in [6.45, 7) is 10.2. The van der Waals surface area contributed by atoms with Crippen molar-refractivity contribution in [2.24, 2.45) is 0 Å². The van der Waals surface area contributed by atoms with E-state index in [-0.39, 0.29) is 17.6 Å². The number of aryl methyl sites for hydroxylation is 1. The first-order chi connectivity index (χ1) is 11.8. The number of rotatable bonds is 2. The molecule has 0 spiro atoms. The van der Waals surface area contributed by atoms with Crippen LogP contribution in [0, 0.1) is 13.8 Å². The topological polar surface area (TPSA) is 59.0 Å². The van der Waals surface area contributed by atoms with Crippen LogP contribution in [0.15, 0.2) is 24.4 Å². The van der Waals surface area contributed by atoms with E-state index in [0.29, 0.717) is 0 Å². The number of aromatic nitrogens is 2. The van der Waals surface area contributed by atoms with Crippen molar-refractivity contribution in [1.29, 1.82) is 0 Å². The molecule has 1 heterocycles. The van der Waals surface area contributed by atoms with E-state index in [4.69, 9.17) is 0 Å². The molecule has 1 aliphatic rings. The zero-order chi connectivity index (χ0) is 18.2. The molecule has 5 heteroatoms. The zero-order valence-electron chi connectivity index (χ0n) is 15.8. The molecule has 0 saturated carbocycles. The van der Waals surface area contributed by atoms with E-state index in [1.54, 1.807) is 0 Å². The number of urea groups is 1. The van der Waals surface area contributed by atoms with E-state index >= 15 is 0 Å². The van der Waals surface area contributed by atoms with Crippen LogP contribution in [0.25, 0.3) is 5.69 Å². The number of hydrogen-bond donors (Lipinski definition) is 2. The first-order valence-corrected chi connectivity index (χ1v) is 8.98. The van der Waals surface area contributed by atoms with Gasteiger partial charge in [-0.15, -0.1) is 0 Å². The summed E-state index contributed by atoms with van der Waals surface area (Å²) in [4.78, 5) is 12.3. The SMILES string of the molecule is Cc1cccc(-n2ncc3c2CCC[C@@H]3NC(=O)NC(C)(C)C)c1C. The van der Waals surface area contributed by atoms with Crippen molar-refractivity contribution >= 4 is 6.03 Å². The van der Waals surface area contributed by atoms with Crippen LogP contribution < -0.4 is 10.6 Å². The Morgan fingerprint density at radius 2 is 2.04 bits per heavy atom. The van der Waals surface area contributed by atoms with Gasteiger partial charge in [0.25, 0.3) is 0 Å². The second-order valence-electron chi connectivity index (χ2n) is 7.97. The number of nitrogens with zero attached hydrogens (tertiary/aromatic N) is 2. The highest BCUT2D eigenvalue weighted by molar-refractivity contribution is 5.75. The van der Waals surface area contributed by atoms with Gasteiger partial charge < -0.3 is 10.6 Å². The highest BCUT2D eigenvalue weighted by Crippen LogP contribution is 2.32. The fourth-order valence-corrected chi connectivity index (χ4v) is 3.41. The molecule has 0 radical (unpaired) electrons. The average Bonchev–Trinajstić information content (AvgIpc) is 2.93. The number of hydrogen-bond acceptors (Lipinski definition) is 2. The zero-order valence-corrected chi connectivity index (χ0v) is 15.8. The van der Waals surface area contributed by atoms with Gasteiger partial charge in [0.2, 0.25) is 0 Å². The molecule has 0 saturated heterocycles. The maximum absolute atomic E-state index is 12.3. The lowest BCUT2D eigenvalue weighted by molar-refractivity contribution is 0.226. The minimum absolute atomic E-state index is 0.0185. The molecule has 1 aromatic carbocycles. The summed E-state index contributed by atoms with van der Waals surface area (Å²) in [6, 6.07) is 6.20. The Morgan fingerprint density at radius 3 is 2.76 bits per heavy atom. The highest BCUT2D eigenvalue weighted by Gasteiger charge is 2.27. The van der Waals surface area contributed by atoms with Crippen molar-refractivity contribution in [3.8, 4) is 5.69 Å². The lowest BCUT2D eigenvalue weighted by Crippen LogP contribution is -2.47. The monoisotopic (exact) mass is 340 g/mol. The fourth-order valence-electron chi connectivity index (χ4n) is 3.41. The Hall–Kier alpha value is -2.30. The van der Waals surface area contributed by atoms with E-state index < -0.39 is 0 Å². The van der Waals surface area contributed by atoms with E-state index in [1.165, 1.54) is 16.8 Å². The minimum Gasteiger partial charge on any atom is -0.334 e. The Labute approximate surface area is 149 Å². The Kier molecular flexibility index (Phi) is 4.58. The molecular weight excluding hydrogens is 312 g/mol. The summed E-state index contributed by atoms with van der Waals surface area (Å²) in [5.41, 5.74) is 5.73. The van der Waals surface area contributed by atoms with Crippen molar-refractivity contribution in [2.45, 2.75) is 65.5 Å². The molecule has 3 rings (SSSR count). The summed E-state index contributed by atoms with van der Waals surface area (Å²) in [7, 11) is 0. The van der Waals surface area contributed by atoms with Gasteiger partial charge >= 0.3 is 6.03 Å². The van der Waals surface area contributed by atoms with Crippen molar-refractivity contribution in [3.63, 3.8) is 0 Å². The number of benzene rings is 1. The van der Waals surface area contributed by atoms with Crippen molar-refractivity contribution in [1.82, 2.24) is 20.4 Å². The maximum atomic E-state index is 12.3. The average molecular weight is 340 g/mol. The molecule has 0 unspecified atom stereocenters. The summed E-state index contributed by atoms with van der Waals surface area (Å²) in [5, 5.41) is 10.7. The predicted molar refractivity (Wildman–Crippen MR) is 100 cm³/mol. The van der Waals surface area contributed by atoms with E-state index in [2.05, 4.69) is 47.8 Å². The van der Waals surface area contributed by atoms with Gasteiger partial charge in [0.1, 0.15) is 0 Å². The van der Waals surface area contributed by atoms with Gasteiger partial charge in [0.15, 0.2) is 0 Å². The number of carbonyl (C=O) groups excluding carboxylic acids is 1. The van der Waals surface area contributed by atoms with Gasteiger partial charge in [-0.25, -0.2) is 9.48 Å². The molecule has 1 aromatic heterocycles. The third-order valence-electron chi connectivity index (χ3n) is 4.78. The number of nitrogens with one attached hydrogen (secondary N) is 2. The molecule has 0 aliphatic heterocycles. The van der Waals surface area contributed by atoms with Gasteiger partial charge in [-0.2, -0.15) is 5.10 Å². The molecule has 5 nitrogen and oxygen atoms in total. The van der Waals surface area contributed by atoms with Gasteiger partial charge in [-0.1, -0.05) is 12.1 Å². The summed E-state index contributed by atoms with van der Waals surface area (Å²) >= 11 is 0. The summed E-state index contributed by atoms with van der Waals surface area (Å²) in [5.74, 6) is 0. The quantitative estimate of drug-likeness (QED) is 0.869. The predicted octanol–water partition coefficient (Wildman–Crippen LogP) is 3.96. The minimum atomic E-state index is -0.246. The molecule has 134 valence electrons. The second kappa shape index (κ2) is 6.54. The van der Waals surface area contributed by atoms with Crippen molar-refractivity contribution < 1.29 is 4.79 Å². The highest BCUT2D eigenvalue weighted by atomic mass is 16.2. The first kappa shape index (κ1) is 17.5. The standard InChI is InChI=1S/C20H28N4O/c1-13-8-6-10-17(14(13)2)24-18-11-7-9-16(15(18)12-21-24)22-19(25)23-20(3,4)5/h6,8,10,12,16H,7,9,11H2,1-5H3,(H2,22,23,25)/t16-/m0/s1. The molecule has 2 N–H and O–H groups in total. The van der Waals surface area contributed by atoms with Crippen LogP contribution in [-0.4, -0.2) is 21.4 Å². The van der Waals surface area contributed by atoms with Crippen LogP contribution in [0.5, 0.6) is 0 Å². The van der Waals surface area contributed by atoms with Crippen LogP contribution in [0.1, 0.15) is 62.0 Å². The Balaban J connectivity index is 1.88. The Morgan fingerprint density at radius 1 is 1.28 bits per heavy atom. The molecule has 2 aromatic rings. The second-order valence-corrected chi connectivity index (χ2v) is 7.97. The molecule has 0 bridgehead atoms. The lowest BCUT2D eigenvalue weighted by atomic mass is 9.93. The number of fused-ring (bicyclic) bond motifs is 1. The molecule has 1 aliphatic carbocycles. The molecular formula is C20H28N4O. The lowest BCUT2D eigenvalue weighted by Gasteiger charge is -2.27. The summed E-state index contributed by atoms with van der Waals surface area (Å²) < 4.78 is 2.05. The number of carbonyl (C=O) groups is 1. The molecule has 2 amide bonds. The largest absolute Gasteiger partial charge is 0.334 e. The fraction of sp³-hybridized carbons (Fsp3) is 0.500. The molecule has 0 fully saturated rings. The maximum Gasteiger partial charge on any atom is 0.315 e. The Bertz CT molecular complexity index is 785. The first-order valence-electron chi connectivity index (χ1n) is 8.98. The van der Waals surface area contributed by atoms with E-state index in [1.807, 2.05) is 31.6 Å². The third kappa shape index (κ3) is 3.70. The van der Waals surface area contributed by atoms with Gasteiger partial charge in [-0.05, 0) is 71.1 Å². The van der Waals surface area contributed by atoms with Crippen LogP contribution in [0.2, 0.25) is 0 Å². The normalized spacial score (nSPS) is 17.1. The van der Waals surface area contributed by atoms with Crippen molar-refractivity contribution in [2.75, 3.05) is 0 Å². The van der Waals surface area contributed by atoms with Crippen LogP contribution in [-0.2, 0) is 6.42 Å². The van der Waals surface area contributed by atoms with E-state index in [9.17, 15) is 4.79 Å². The van der Waals surface area contributed by atoms with Crippen LogP contribution in [0.4, 0.5) is 4.79 Å². The summed E-state index contributed by atoms with van der Waals surface area (Å²) in [6.07, 6.45) is 4.90. The van der Waals surface area contributed by atoms with Gasteiger partial charge in [0.05, 0.1) is 17.9 Å². The smallest absolute Gasteiger partial charge is 0.315 e. The van der Waals surface area contributed by atoms with Gasteiger partial charge in [-0.3, -0.25) is 0 Å². The van der Waals surface area contributed by atoms with E-state index in [0.717, 1.165) is 30.5 Å². The molecule has 25 heavy (non-hydrogen) atoms. The van der Waals surface area contributed by atoms with Crippen LogP contribution >= 0.6 is 0 Å².